The molecule has 4 heterocycles. The van der Waals surface area contributed by atoms with E-state index in [0.29, 0.717) is 17.1 Å². The van der Waals surface area contributed by atoms with E-state index in [0.717, 1.165) is 11.1 Å². The summed E-state index contributed by atoms with van der Waals surface area (Å²) in [6.45, 7) is 1.66. The number of halogens is 1. The van der Waals surface area contributed by atoms with Gasteiger partial charge in [-0.2, -0.15) is 9.49 Å². The molecule has 1 aliphatic rings. The Hall–Kier alpha value is -5.25. The fourth-order valence-corrected chi connectivity index (χ4v) is 4.36. The van der Waals surface area contributed by atoms with Crippen molar-refractivity contribution in [1.29, 1.82) is 0 Å². The number of nitrogens with zero attached hydrogens (tertiary/aromatic N) is 5. The molecule has 1 atom stereocenters. The molecule has 0 radical (unpaired) electrons. The third-order valence-electron chi connectivity index (χ3n) is 6.13. The maximum Gasteiger partial charge on any atom is 0.269 e. The molecular formula is C28H20FN7O2. The van der Waals surface area contributed by atoms with Gasteiger partial charge in [0.2, 0.25) is 12.1 Å². The Morgan fingerprint density at radius 3 is 2.61 bits per heavy atom. The highest BCUT2D eigenvalue weighted by molar-refractivity contribution is 6.20. The average Bonchev–Trinajstić information content (AvgIpc) is 3.24. The van der Waals surface area contributed by atoms with E-state index in [1.54, 1.807) is 31.3 Å². The van der Waals surface area contributed by atoms with E-state index in [-0.39, 0.29) is 22.5 Å². The first-order valence-electron chi connectivity index (χ1n) is 11.8. The molecule has 2 N–H and O–H groups in total. The number of aryl methyl sites for hydroxylation is 1. The molecule has 9 nitrogen and oxygen atoms in total. The van der Waals surface area contributed by atoms with Crippen LogP contribution in [-0.4, -0.2) is 43.3 Å². The number of aliphatic imine (C=N–C) groups is 1. The number of benzene rings is 2. The number of rotatable bonds is 4. The number of amides is 2. The van der Waals surface area contributed by atoms with Crippen molar-refractivity contribution in [2.24, 2.45) is 4.99 Å². The highest BCUT2D eigenvalue weighted by atomic mass is 19.1. The molecule has 2 aromatic carbocycles. The normalized spacial score (nSPS) is 14.8. The van der Waals surface area contributed by atoms with E-state index in [2.05, 4.69) is 30.7 Å². The van der Waals surface area contributed by atoms with Gasteiger partial charge in [-0.3, -0.25) is 9.59 Å². The molecule has 0 saturated carbocycles. The molecule has 0 spiro atoms. The van der Waals surface area contributed by atoms with Crippen molar-refractivity contribution in [2.45, 2.75) is 13.1 Å². The minimum atomic E-state index is -1.28. The van der Waals surface area contributed by atoms with Gasteiger partial charge in [0.25, 0.3) is 11.8 Å². The van der Waals surface area contributed by atoms with E-state index in [9.17, 15) is 14.0 Å². The largest absolute Gasteiger partial charge is 0.322 e. The number of pyridine rings is 1. The van der Waals surface area contributed by atoms with Gasteiger partial charge in [0, 0.05) is 29.2 Å². The monoisotopic (exact) mass is 505 g/mol. The molecule has 3 aromatic heterocycles. The van der Waals surface area contributed by atoms with Crippen LogP contribution in [0.4, 0.5) is 10.1 Å². The van der Waals surface area contributed by atoms with Gasteiger partial charge in [0.05, 0.1) is 17.0 Å². The van der Waals surface area contributed by atoms with Crippen molar-refractivity contribution in [3.05, 3.63) is 114 Å². The molecule has 1 aliphatic heterocycles. The smallest absolute Gasteiger partial charge is 0.269 e. The Labute approximate surface area is 216 Å². The Balaban J connectivity index is 1.45. The topological polar surface area (TPSA) is 114 Å². The summed E-state index contributed by atoms with van der Waals surface area (Å²) in [6.07, 6.45) is 1.82. The van der Waals surface area contributed by atoms with Gasteiger partial charge in [-0.25, -0.2) is 19.5 Å². The second-order valence-electron chi connectivity index (χ2n) is 8.66. The molecular weight excluding hydrogens is 485 g/mol. The Morgan fingerprint density at radius 1 is 1.00 bits per heavy atom. The van der Waals surface area contributed by atoms with Gasteiger partial charge in [-0.15, -0.1) is 0 Å². The van der Waals surface area contributed by atoms with Crippen molar-refractivity contribution < 1.29 is 14.0 Å². The highest BCUT2D eigenvalue weighted by Crippen LogP contribution is 2.28. The summed E-state index contributed by atoms with van der Waals surface area (Å²) in [5.74, 6) is -1.98. The fraction of sp³-hybridized carbons (Fsp3) is 0.0714. The minimum Gasteiger partial charge on any atom is -0.322 e. The number of anilines is 1. The summed E-state index contributed by atoms with van der Waals surface area (Å²) < 4.78 is 16.3. The quantitative estimate of drug-likeness (QED) is 0.361. The lowest BCUT2D eigenvalue weighted by Crippen LogP contribution is -2.42. The van der Waals surface area contributed by atoms with Crippen molar-refractivity contribution >= 4 is 28.9 Å². The van der Waals surface area contributed by atoms with Crippen LogP contribution >= 0.6 is 0 Å². The first-order valence-corrected chi connectivity index (χ1v) is 11.8. The summed E-state index contributed by atoms with van der Waals surface area (Å²) in [6, 6.07) is 21.4. The van der Waals surface area contributed by atoms with Crippen molar-refractivity contribution in [3.63, 3.8) is 0 Å². The molecule has 10 heteroatoms. The summed E-state index contributed by atoms with van der Waals surface area (Å²) in [7, 11) is 0. The first-order chi connectivity index (χ1) is 18.5. The predicted molar refractivity (Wildman–Crippen MR) is 139 cm³/mol. The second-order valence-corrected chi connectivity index (χ2v) is 8.66. The van der Waals surface area contributed by atoms with E-state index >= 15 is 0 Å². The SMILES string of the molecule is Cc1ccc(-c2nn3cccnc3c2C(=O)N[C@H]2N=C(c3ccccc3)c3ccccc3NC2=O)c(F)n1. The van der Waals surface area contributed by atoms with Crippen molar-refractivity contribution in [3.8, 4) is 11.3 Å². The molecule has 5 aromatic rings. The number of carbonyl (C=O) groups is 2. The Kier molecular flexibility index (Phi) is 5.68. The molecule has 0 saturated heterocycles. The summed E-state index contributed by atoms with van der Waals surface area (Å²) >= 11 is 0. The van der Waals surface area contributed by atoms with Gasteiger partial charge < -0.3 is 10.6 Å². The number of carbonyl (C=O) groups excluding carboxylic acids is 2. The lowest BCUT2D eigenvalue weighted by Gasteiger charge is -2.13. The third-order valence-corrected chi connectivity index (χ3v) is 6.13. The molecule has 186 valence electrons. The molecule has 0 bridgehead atoms. The van der Waals surface area contributed by atoms with Crippen LogP contribution in [0.5, 0.6) is 0 Å². The van der Waals surface area contributed by atoms with Gasteiger partial charge in [-0.1, -0.05) is 48.5 Å². The molecule has 0 fully saturated rings. The van der Waals surface area contributed by atoms with Gasteiger partial charge in [0.15, 0.2) is 5.65 Å². The first kappa shape index (κ1) is 23.2. The van der Waals surface area contributed by atoms with E-state index < -0.39 is 23.9 Å². The van der Waals surface area contributed by atoms with E-state index in [1.807, 2.05) is 48.5 Å². The van der Waals surface area contributed by atoms with Crippen LogP contribution in [0.15, 0.2) is 90.2 Å². The number of para-hydroxylation sites is 1. The van der Waals surface area contributed by atoms with Crippen LogP contribution < -0.4 is 10.6 Å². The van der Waals surface area contributed by atoms with Crippen LogP contribution in [0.1, 0.15) is 27.2 Å². The standard InChI is InChI=1S/C28H20FN7O2/c1-16-12-13-19(24(29)31-16)23-21(26-30-14-7-15-36(26)35-23)27(37)34-25-28(38)32-20-11-6-5-10-18(20)22(33-25)17-8-3-2-4-9-17/h2-15,25H,1H3,(H,32,38)(H,34,37)/t25-/m1/s1. The summed E-state index contributed by atoms with van der Waals surface area (Å²) in [5, 5.41) is 9.95. The van der Waals surface area contributed by atoms with Crippen molar-refractivity contribution in [1.82, 2.24) is 24.9 Å². The zero-order valence-corrected chi connectivity index (χ0v) is 20.1. The van der Waals surface area contributed by atoms with Crippen LogP contribution in [0.25, 0.3) is 16.9 Å². The van der Waals surface area contributed by atoms with Crippen LogP contribution in [0.3, 0.4) is 0 Å². The van der Waals surface area contributed by atoms with Crippen LogP contribution in [-0.2, 0) is 4.79 Å². The maximum atomic E-state index is 14.9. The number of aromatic nitrogens is 4. The summed E-state index contributed by atoms with van der Waals surface area (Å²) in [4.78, 5) is 39.8. The Bertz CT molecular complexity index is 1750. The lowest BCUT2D eigenvalue weighted by molar-refractivity contribution is -0.117. The molecule has 38 heavy (non-hydrogen) atoms. The number of benzodiazepines with no additional fused rings is 1. The fourth-order valence-electron chi connectivity index (χ4n) is 4.36. The Morgan fingerprint density at radius 2 is 1.79 bits per heavy atom. The number of fused-ring (bicyclic) bond motifs is 2. The highest BCUT2D eigenvalue weighted by Gasteiger charge is 2.31. The number of nitrogens with one attached hydrogen (secondary N) is 2. The van der Waals surface area contributed by atoms with Gasteiger partial charge in [0.1, 0.15) is 11.3 Å². The number of hydrogen-bond donors (Lipinski definition) is 2. The summed E-state index contributed by atoms with van der Waals surface area (Å²) in [5.41, 5.74) is 3.38. The van der Waals surface area contributed by atoms with Gasteiger partial charge >= 0.3 is 0 Å². The van der Waals surface area contributed by atoms with Crippen LogP contribution in [0.2, 0.25) is 0 Å². The average molecular weight is 506 g/mol. The zero-order chi connectivity index (χ0) is 26.2. The van der Waals surface area contributed by atoms with E-state index in [4.69, 9.17) is 0 Å². The zero-order valence-electron chi connectivity index (χ0n) is 20.1. The van der Waals surface area contributed by atoms with E-state index in [1.165, 1.54) is 16.8 Å². The third kappa shape index (κ3) is 4.07. The van der Waals surface area contributed by atoms with Gasteiger partial charge in [-0.05, 0) is 31.2 Å². The lowest BCUT2D eigenvalue weighted by atomic mass is 10.0. The van der Waals surface area contributed by atoms with Crippen molar-refractivity contribution in [2.75, 3.05) is 5.32 Å². The molecule has 6 rings (SSSR count). The number of hydrogen-bond acceptors (Lipinski definition) is 6. The second kappa shape index (κ2) is 9.32. The van der Waals surface area contributed by atoms with Crippen LogP contribution in [0, 0.1) is 12.9 Å². The molecule has 2 amide bonds. The predicted octanol–water partition coefficient (Wildman–Crippen LogP) is 3.78. The minimum absolute atomic E-state index is 0.00109. The molecule has 0 aliphatic carbocycles. The maximum absolute atomic E-state index is 14.9. The molecule has 0 unspecified atom stereocenters.